The van der Waals surface area contributed by atoms with E-state index in [2.05, 4.69) is 10.6 Å². The van der Waals surface area contributed by atoms with Gasteiger partial charge in [0.05, 0.1) is 11.1 Å². The monoisotopic (exact) mass is 642 g/mol. The molecule has 0 aliphatic carbocycles. The predicted molar refractivity (Wildman–Crippen MR) is 157 cm³/mol. The standard InChI is InChI=1S/C28H22N2O12S2/c31-19-7-9-21(23(33)13-19)27(35)29-17-5-3-15(25(11-17)43(37,38)39)1-2-16-4-6-18(12-26(16)44(40,41)42)30-28(36)22-10-8-20(32)14-24(22)34/h1-14,31-34H,(H,29,35)(H,30,36)(H,37,38,39)(H,40,41,42). The van der Waals surface area contributed by atoms with E-state index in [-0.39, 0.29) is 45.1 Å². The van der Waals surface area contributed by atoms with Crippen LogP contribution in [0.25, 0.3) is 12.2 Å². The molecule has 0 fully saturated rings. The number of benzene rings is 4. The zero-order valence-corrected chi connectivity index (χ0v) is 23.7. The van der Waals surface area contributed by atoms with Crippen LogP contribution in [0.5, 0.6) is 23.0 Å². The lowest BCUT2D eigenvalue weighted by atomic mass is 10.1. The van der Waals surface area contributed by atoms with Crippen LogP contribution in [0.2, 0.25) is 0 Å². The Bertz CT molecular complexity index is 1910. The highest BCUT2D eigenvalue weighted by molar-refractivity contribution is 7.86. The highest BCUT2D eigenvalue weighted by Gasteiger charge is 2.20. The number of carbonyl (C=O) groups is 2. The number of hydrogen-bond acceptors (Lipinski definition) is 10. The first-order valence-electron chi connectivity index (χ1n) is 12.1. The van der Waals surface area contributed by atoms with E-state index in [0.29, 0.717) is 0 Å². The van der Waals surface area contributed by atoms with Gasteiger partial charge in [-0.2, -0.15) is 16.8 Å². The van der Waals surface area contributed by atoms with E-state index < -0.39 is 53.3 Å². The quantitative estimate of drug-likeness (QED) is 0.101. The van der Waals surface area contributed by atoms with E-state index in [4.69, 9.17) is 0 Å². The van der Waals surface area contributed by atoms with Crippen LogP contribution in [0.1, 0.15) is 31.8 Å². The molecule has 0 heterocycles. The first kappa shape index (κ1) is 31.5. The molecular weight excluding hydrogens is 620 g/mol. The highest BCUT2D eigenvalue weighted by Crippen LogP contribution is 2.29. The van der Waals surface area contributed by atoms with Crippen molar-refractivity contribution in [2.45, 2.75) is 9.79 Å². The first-order valence-corrected chi connectivity index (χ1v) is 15.0. The van der Waals surface area contributed by atoms with Crippen LogP contribution in [0.15, 0.2) is 82.6 Å². The average molecular weight is 643 g/mol. The molecule has 0 radical (unpaired) electrons. The summed E-state index contributed by atoms with van der Waals surface area (Å²) >= 11 is 0. The van der Waals surface area contributed by atoms with Crippen molar-refractivity contribution in [2.24, 2.45) is 0 Å². The van der Waals surface area contributed by atoms with Gasteiger partial charge in [0.1, 0.15) is 32.8 Å². The maximum absolute atomic E-state index is 12.5. The van der Waals surface area contributed by atoms with Crippen molar-refractivity contribution in [1.29, 1.82) is 0 Å². The summed E-state index contributed by atoms with van der Waals surface area (Å²) in [4.78, 5) is 23.7. The molecule has 0 atom stereocenters. The molecular formula is C28H22N2O12S2. The molecule has 0 unspecified atom stereocenters. The van der Waals surface area contributed by atoms with Crippen LogP contribution >= 0.6 is 0 Å². The van der Waals surface area contributed by atoms with Gasteiger partial charge < -0.3 is 31.1 Å². The van der Waals surface area contributed by atoms with Gasteiger partial charge in [0, 0.05) is 23.5 Å². The number of amides is 2. The smallest absolute Gasteiger partial charge is 0.295 e. The number of phenolic OH excluding ortho intramolecular Hbond substituents is 4. The second kappa shape index (κ2) is 12.1. The second-order valence-corrected chi connectivity index (χ2v) is 11.9. The summed E-state index contributed by atoms with van der Waals surface area (Å²) in [5, 5.41) is 43.3. The van der Waals surface area contributed by atoms with Gasteiger partial charge in [0.25, 0.3) is 32.1 Å². The molecule has 0 aromatic heterocycles. The Hall–Kier alpha value is -5.42. The number of phenols is 4. The van der Waals surface area contributed by atoms with Crippen molar-refractivity contribution in [1.82, 2.24) is 0 Å². The Morgan fingerprint density at radius 3 is 1.23 bits per heavy atom. The molecule has 0 aliphatic heterocycles. The molecule has 2 amide bonds. The summed E-state index contributed by atoms with van der Waals surface area (Å²) in [6, 6.07) is 13.1. The van der Waals surface area contributed by atoms with Crippen LogP contribution in [0.4, 0.5) is 11.4 Å². The summed E-state index contributed by atoms with van der Waals surface area (Å²) in [6.45, 7) is 0. The fourth-order valence-corrected chi connectivity index (χ4v) is 5.37. The van der Waals surface area contributed by atoms with Crippen LogP contribution < -0.4 is 10.6 Å². The van der Waals surface area contributed by atoms with Gasteiger partial charge >= 0.3 is 0 Å². The Morgan fingerprint density at radius 2 is 0.909 bits per heavy atom. The number of aromatic hydroxyl groups is 4. The normalized spacial score (nSPS) is 11.8. The molecule has 228 valence electrons. The fourth-order valence-electron chi connectivity index (χ4n) is 3.95. The minimum Gasteiger partial charge on any atom is -0.508 e. The Balaban J connectivity index is 1.64. The summed E-state index contributed by atoms with van der Waals surface area (Å²) in [5.41, 5.74) is -0.995. The SMILES string of the molecule is O=C(Nc1ccc(C=Cc2ccc(NC(=O)c3ccc(O)cc3O)cc2S(=O)(=O)O)c(S(=O)(=O)O)c1)c1ccc(O)cc1O. The van der Waals surface area contributed by atoms with E-state index in [1.165, 1.54) is 24.3 Å². The summed E-state index contributed by atoms with van der Waals surface area (Å²) in [7, 11) is -9.80. The molecule has 8 N–H and O–H groups in total. The maximum Gasteiger partial charge on any atom is 0.295 e. The molecule has 0 bridgehead atoms. The van der Waals surface area contributed by atoms with Gasteiger partial charge in [-0.15, -0.1) is 0 Å². The third-order valence-electron chi connectivity index (χ3n) is 5.99. The van der Waals surface area contributed by atoms with Gasteiger partial charge in [0.15, 0.2) is 0 Å². The number of rotatable bonds is 8. The fraction of sp³-hybridized carbons (Fsp3) is 0. The van der Waals surface area contributed by atoms with Crippen molar-refractivity contribution in [3.8, 4) is 23.0 Å². The number of hydrogen-bond donors (Lipinski definition) is 8. The maximum atomic E-state index is 12.5. The van der Waals surface area contributed by atoms with Crippen molar-refractivity contribution in [2.75, 3.05) is 10.6 Å². The van der Waals surface area contributed by atoms with Crippen LogP contribution in [-0.4, -0.2) is 58.2 Å². The third-order valence-corrected chi connectivity index (χ3v) is 7.81. The predicted octanol–water partition coefficient (Wildman–Crippen LogP) is 3.68. The molecule has 0 saturated heterocycles. The zero-order valence-electron chi connectivity index (χ0n) is 22.0. The van der Waals surface area contributed by atoms with E-state index in [1.54, 1.807) is 0 Å². The zero-order chi connectivity index (χ0) is 32.4. The number of anilines is 2. The number of carbonyl (C=O) groups excluding carboxylic acids is 2. The van der Waals surface area contributed by atoms with Crippen molar-refractivity contribution >= 4 is 55.6 Å². The van der Waals surface area contributed by atoms with Gasteiger partial charge in [0.2, 0.25) is 0 Å². The lowest BCUT2D eigenvalue weighted by Gasteiger charge is -2.11. The van der Waals surface area contributed by atoms with E-state index in [0.717, 1.165) is 60.7 Å². The Kier molecular flexibility index (Phi) is 8.64. The molecule has 4 aromatic carbocycles. The number of nitrogens with one attached hydrogen (secondary N) is 2. The minimum absolute atomic E-state index is 0.106. The summed E-state index contributed by atoms with van der Waals surface area (Å²) in [5.74, 6) is -3.41. The topological polar surface area (TPSA) is 248 Å². The summed E-state index contributed by atoms with van der Waals surface area (Å²) in [6.07, 6.45) is 2.22. The lowest BCUT2D eigenvalue weighted by molar-refractivity contribution is 0.101. The molecule has 4 rings (SSSR count). The molecule has 0 aliphatic rings. The van der Waals surface area contributed by atoms with E-state index in [9.17, 15) is 56.0 Å². The molecule has 14 nitrogen and oxygen atoms in total. The summed E-state index contributed by atoms with van der Waals surface area (Å²) < 4.78 is 68.1. The van der Waals surface area contributed by atoms with Crippen molar-refractivity contribution < 1.29 is 56.0 Å². The average Bonchev–Trinajstić information content (AvgIpc) is 2.91. The van der Waals surface area contributed by atoms with Crippen molar-refractivity contribution in [3.63, 3.8) is 0 Å². The van der Waals surface area contributed by atoms with E-state index in [1.807, 2.05) is 0 Å². The molecule has 0 spiro atoms. The lowest BCUT2D eigenvalue weighted by Crippen LogP contribution is -2.13. The van der Waals surface area contributed by atoms with Gasteiger partial charge in [-0.1, -0.05) is 24.3 Å². The van der Waals surface area contributed by atoms with Crippen LogP contribution in [-0.2, 0) is 20.2 Å². The first-order chi connectivity index (χ1) is 20.5. The van der Waals surface area contributed by atoms with Gasteiger partial charge in [-0.25, -0.2) is 0 Å². The van der Waals surface area contributed by atoms with Gasteiger partial charge in [-0.05, 0) is 59.7 Å². The molecule has 4 aromatic rings. The third kappa shape index (κ3) is 7.31. The largest absolute Gasteiger partial charge is 0.508 e. The Morgan fingerprint density at radius 1 is 0.545 bits per heavy atom. The highest BCUT2D eigenvalue weighted by atomic mass is 32.2. The molecule has 16 heteroatoms. The minimum atomic E-state index is -4.90. The van der Waals surface area contributed by atoms with Crippen LogP contribution in [0, 0.1) is 0 Å². The molecule has 44 heavy (non-hydrogen) atoms. The van der Waals surface area contributed by atoms with E-state index >= 15 is 0 Å². The van der Waals surface area contributed by atoms with Crippen LogP contribution in [0.3, 0.4) is 0 Å². The Labute approximate surface area is 249 Å². The second-order valence-electron chi connectivity index (χ2n) is 9.10. The van der Waals surface area contributed by atoms with Gasteiger partial charge in [-0.3, -0.25) is 18.7 Å². The van der Waals surface area contributed by atoms with Crippen molar-refractivity contribution in [3.05, 3.63) is 95.1 Å². The molecule has 0 saturated carbocycles.